The van der Waals surface area contributed by atoms with E-state index in [4.69, 9.17) is 9.26 Å². The first kappa shape index (κ1) is 25.2. The molecule has 0 aliphatic carbocycles. The van der Waals surface area contributed by atoms with E-state index in [9.17, 15) is 15.0 Å². The van der Waals surface area contributed by atoms with Crippen LogP contribution in [0.4, 0.5) is 0 Å². The van der Waals surface area contributed by atoms with Gasteiger partial charge in [-0.3, -0.25) is 9.63 Å². The molecule has 7 heteroatoms. The first-order valence-corrected chi connectivity index (χ1v) is 12.4. The number of benzene rings is 2. The van der Waals surface area contributed by atoms with Crippen LogP contribution in [0.5, 0.6) is 0 Å². The molecule has 0 aliphatic rings. The molecule has 1 amide bonds. The summed E-state index contributed by atoms with van der Waals surface area (Å²) in [5, 5.41) is 22.7. The zero-order valence-corrected chi connectivity index (χ0v) is 20.1. The van der Waals surface area contributed by atoms with E-state index in [0.29, 0.717) is 0 Å². The van der Waals surface area contributed by atoms with Crippen molar-refractivity contribution in [3.8, 4) is 0 Å². The van der Waals surface area contributed by atoms with Crippen molar-refractivity contribution in [2.45, 2.75) is 50.9 Å². The van der Waals surface area contributed by atoms with Gasteiger partial charge in [0, 0.05) is 13.5 Å². The van der Waals surface area contributed by atoms with Crippen LogP contribution in [0.25, 0.3) is 0 Å². The van der Waals surface area contributed by atoms with Gasteiger partial charge in [0.1, 0.15) is 0 Å². The maximum absolute atomic E-state index is 12.7. The van der Waals surface area contributed by atoms with E-state index < -0.39 is 27.1 Å². The van der Waals surface area contributed by atoms with Crippen LogP contribution in [0.15, 0.2) is 60.7 Å². The Hall–Kier alpha value is -2.03. The van der Waals surface area contributed by atoms with Crippen molar-refractivity contribution in [1.29, 1.82) is 0 Å². The number of nitrogens with zero attached hydrogens (tertiary/aromatic N) is 1. The molecule has 0 saturated heterocycles. The predicted octanol–water partition coefficient (Wildman–Crippen LogP) is 2.08. The number of hydroxylamine groups is 2. The van der Waals surface area contributed by atoms with E-state index in [0.717, 1.165) is 15.4 Å². The van der Waals surface area contributed by atoms with E-state index in [1.807, 2.05) is 36.4 Å². The largest absolute Gasteiger partial charge is 0.404 e. The van der Waals surface area contributed by atoms with Crippen molar-refractivity contribution in [1.82, 2.24) is 5.06 Å². The Bertz CT molecular complexity index is 770. The molecule has 2 aromatic carbocycles. The lowest BCUT2D eigenvalue weighted by atomic mass is 10.1. The third-order valence-electron chi connectivity index (χ3n) is 5.53. The van der Waals surface area contributed by atoms with E-state index >= 15 is 0 Å². The minimum absolute atomic E-state index is 0.0336. The minimum atomic E-state index is -2.91. The summed E-state index contributed by atoms with van der Waals surface area (Å²) in [6, 6.07) is 20.2. The zero-order valence-electron chi connectivity index (χ0n) is 19.1. The molecule has 0 spiro atoms. The molecule has 2 aromatic rings. The van der Waals surface area contributed by atoms with Crippen molar-refractivity contribution in [2.24, 2.45) is 0 Å². The van der Waals surface area contributed by atoms with Crippen LogP contribution in [0.3, 0.4) is 0 Å². The van der Waals surface area contributed by atoms with Crippen LogP contribution in [0.1, 0.15) is 33.6 Å². The number of hydrogen-bond donors (Lipinski definition) is 2. The van der Waals surface area contributed by atoms with Crippen LogP contribution in [-0.4, -0.2) is 62.5 Å². The van der Waals surface area contributed by atoms with Gasteiger partial charge < -0.3 is 14.6 Å². The summed E-state index contributed by atoms with van der Waals surface area (Å²) in [4.78, 5) is 17.7. The zero-order chi connectivity index (χ0) is 23.1. The Morgan fingerprint density at radius 2 is 1.52 bits per heavy atom. The Morgan fingerprint density at radius 1 is 1.03 bits per heavy atom. The topological polar surface area (TPSA) is 79.2 Å². The second kappa shape index (κ2) is 11.0. The molecule has 0 aliphatic heterocycles. The molecule has 0 heterocycles. The lowest BCUT2D eigenvalue weighted by Crippen LogP contribution is -2.68. The third kappa shape index (κ3) is 6.02. The van der Waals surface area contributed by atoms with Gasteiger partial charge in [0.15, 0.2) is 0 Å². The molecule has 170 valence electrons. The molecule has 2 rings (SSSR count). The van der Waals surface area contributed by atoms with Crippen LogP contribution >= 0.6 is 0 Å². The summed E-state index contributed by atoms with van der Waals surface area (Å²) in [5.41, 5.74) is 0. The van der Waals surface area contributed by atoms with Crippen molar-refractivity contribution in [3.05, 3.63) is 60.7 Å². The Kier molecular flexibility index (Phi) is 8.97. The van der Waals surface area contributed by atoms with E-state index in [-0.39, 0.29) is 23.8 Å². The highest BCUT2D eigenvalue weighted by Crippen LogP contribution is 2.38. The van der Waals surface area contributed by atoms with Gasteiger partial charge in [-0.05, 0) is 15.4 Å². The number of aliphatic hydroxyl groups is 2. The number of hydrogen-bond acceptors (Lipinski definition) is 5. The fraction of sp³-hybridized carbons (Fsp3) is 0.458. The maximum Gasteiger partial charge on any atom is 0.261 e. The number of aliphatic hydroxyl groups excluding tert-OH is 2. The van der Waals surface area contributed by atoms with Gasteiger partial charge in [-0.2, -0.15) is 0 Å². The standard InChI is InChI=1S/C24H35NO5Si/c1-24(2,3)31(21-12-8-6-9-13-21,22-14-10-7-11-15-22)30-20(16-19(27)18-26)17-23(28)25(4)29-5/h6-15,19-20,26-27H,16-18H2,1-5H3/t19-,20?/m0/s1. The number of carbonyl (C=O) groups excluding carboxylic acids is 1. The summed E-state index contributed by atoms with van der Waals surface area (Å²) >= 11 is 0. The number of rotatable bonds is 10. The van der Waals surface area contributed by atoms with Crippen molar-refractivity contribution in [2.75, 3.05) is 20.8 Å². The quantitative estimate of drug-likeness (QED) is 0.432. The normalized spacial score (nSPS) is 14.2. The highest BCUT2D eigenvalue weighted by atomic mass is 28.4. The molecular formula is C24H35NO5Si. The molecular weight excluding hydrogens is 410 g/mol. The molecule has 0 aromatic heterocycles. The molecule has 2 atom stereocenters. The molecule has 1 unspecified atom stereocenters. The molecule has 0 saturated carbocycles. The summed E-state index contributed by atoms with van der Waals surface area (Å²) in [6.07, 6.45) is -1.40. The second-order valence-electron chi connectivity index (χ2n) is 8.75. The Balaban J connectivity index is 2.61. The highest BCUT2D eigenvalue weighted by molar-refractivity contribution is 6.99. The van der Waals surface area contributed by atoms with Gasteiger partial charge in [-0.1, -0.05) is 81.4 Å². The number of carbonyl (C=O) groups is 1. The highest BCUT2D eigenvalue weighted by Gasteiger charge is 2.51. The van der Waals surface area contributed by atoms with Gasteiger partial charge in [0.05, 0.1) is 32.3 Å². The second-order valence-corrected chi connectivity index (χ2v) is 13.0. The third-order valence-corrected chi connectivity index (χ3v) is 10.6. The molecule has 31 heavy (non-hydrogen) atoms. The van der Waals surface area contributed by atoms with Gasteiger partial charge in [-0.25, -0.2) is 5.06 Å². The SMILES string of the molecule is CON(C)C(=O)CC(C[C@H](O)CO)O[Si](c1ccccc1)(c1ccccc1)C(C)(C)C. The van der Waals surface area contributed by atoms with Crippen LogP contribution < -0.4 is 10.4 Å². The van der Waals surface area contributed by atoms with Gasteiger partial charge in [0.2, 0.25) is 5.91 Å². The Labute approximate surface area is 186 Å². The van der Waals surface area contributed by atoms with E-state index in [2.05, 4.69) is 45.0 Å². The summed E-state index contributed by atoms with van der Waals surface area (Å²) < 4.78 is 6.98. The average molecular weight is 446 g/mol. The summed E-state index contributed by atoms with van der Waals surface area (Å²) in [7, 11) is 0.0673. The van der Waals surface area contributed by atoms with Crippen molar-refractivity contribution in [3.63, 3.8) is 0 Å². The molecule has 0 fully saturated rings. The fourth-order valence-electron chi connectivity index (χ4n) is 3.92. The molecule has 0 bridgehead atoms. The van der Waals surface area contributed by atoms with Crippen LogP contribution in [0, 0.1) is 0 Å². The van der Waals surface area contributed by atoms with E-state index in [1.54, 1.807) is 7.05 Å². The minimum Gasteiger partial charge on any atom is -0.404 e. The van der Waals surface area contributed by atoms with Crippen LogP contribution in [-0.2, 0) is 14.1 Å². The first-order valence-electron chi connectivity index (χ1n) is 10.5. The fourth-order valence-corrected chi connectivity index (χ4v) is 8.61. The molecule has 2 N–H and O–H groups in total. The van der Waals surface area contributed by atoms with E-state index in [1.165, 1.54) is 7.11 Å². The van der Waals surface area contributed by atoms with Crippen molar-refractivity contribution < 1.29 is 24.3 Å². The smallest absolute Gasteiger partial charge is 0.261 e. The lowest BCUT2D eigenvalue weighted by Gasteiger charge is -2.45. The molecule has 6 nitrogen and oxygen atoms in total. The van der Waals surface area contributed by atoms with Gasteiger partial charge in [-0.15, -0.1) is 0 Å². The lowest BCUT2D eigenvalue weighted by molar-refractivity contribution is -0.170. The molecule has 0 radical (unpaired) electrons. The van der Waals surface area contributed by atoms with Crippen molar-refractivity contribution >= 4 is 24.6 Å². The van der Waals surface area contributed by atoms with Gasteiger partial charge in [0.25, 0.3) is 8.32 Å². The summed E-state index contributed by atoms with van der Waals surface area (Å²) in [5.74, 6) is -0.254. The number of amides is 1. The average Bonchev–Trinajstić information content (AvgIpc) is 2.76. The van der Waals surface area contributed by atoms with Gasteiger partial charge >= 0.3 is 0 Å². The summed E-state index contributed by atoms with van der Waals surface area (Å²) in [6.45, 7) is 6.07. The Morgan fingerprint density at radius 3 is 1.90 bits per heavy atom. The monoisotopic (exact) mass is 445 g/mol. The first-order chi connectivity index (χ1) is 14.7. The maximum atomic E-state index is 12.7. The predicted molar refractivity (Wildman–Crippen MR) is 125 cm³/mol. The van der Waals surface area contributed by atoms with Crippen LogP contribution in [0.2, 0.25) is 5.04 Å².